The normalized spacial score (nSPS) is 11.1. The molecule has 5 heteroatoms. The predicted octanol–water partition coefficient (Wildman–Crippen LogP) is 4.95. The highest BCUT2D eigenvalue weighted by atomic mass is 32.1. The Kier molecular flexibility index (Phi) is 4.54. The van der Waals surface area contributed by atoms with Crippen molar-refractivity contribution in [3.63, 3.8) is 0 Å². The number of pyridine rings is 1. The fourth-order valence-corrected chi connectivity index (χ4v) is 3.90. The minimum Gasteiger partial charge on any atom is -0.335 e. The van der Waals surface area contributed by atoms with E-state index in [2.05, 4.69) is 54.8 Å². The lowest BCUT2D eigenvalue weighted by Crippen LogP contribution is -2.26. The van der Waals surface area contributed by atoms with Crippen molar-refractivity contribution >= 4 is 22.9 Å². The van der Waals surface area contributed by atoms with E-state index in [4.69, 9.17) is 4.98 Å². The summed E-state index contributed by atoms with van der Waals surface area (Å²) in [7, 11) is 1.84. The molecule has 0 aliphatic rings. The monoisotopic (exact) mass is 375 g/mol. The van der Waals surface area contributed by atoms with Crippen molar-refractivity contribution in [1.82, 2.24) is 14.3 Å². The molecule has 1 amide bonds. The van der Waals surface area contributed by atoms with E-state index < -0.39 is 0 Å². The second-order valence-corrected chi connectivity index (χ2v) is 7.79. The SMILES string of the molecule is Cc1ccc(-c2nc3ccc(C)cn3c2CN(C)C(=O)c2cccs2)cc1. The number of carbonyl (C=O) groups excluding carboxylic acids is 1. The van der Waals surface area contributed by atoms with Gasteiger partial charge in [-0.25, -0.2) is 4.98 Å². The molecule has 136 valence electrons. The van der Waals surface area contributed by atoms with E-state index in [1.807, 2.05) is 30.6 Å². The van der Waals surface area contributed by atoms with Crippen LogP contribution in [0.3, 0.4) is 0 Å². The van der Waals surface area contributed by atoms with Gasteiger partial charge in [-0.3, -0.25) is 4.79 Å². The van der Waals surface area contributed by atoms with Crippen molar-refractivity contribution in [2.45, 2.75) is 20.4 Å². The molecule has 0 aliphatic heterocycles. The van der Waals surface area contributed by atoms with Crippen molar-refractivity contribution < 1.29 is 4.79 Å². The largest absolute Gasteiger partial charge is 0.335 e. The second kappa shape index (κ2) is 7.00. The average molecular weight is 375 g/mol. The first kappa shape index (κ1) is 17.5. The summed E-state index contributed by atoms with van der Waals surface area (Å²) in [5, 5.41) is 1.93. The van der Waals surface area contributed by atoms with Crippen LogP contribution in [-0.4, -0.2) is 27.2 Å². The predicted molar refractivity (Wildman–Crippen MR) is 110 cm³/mol. The molecule has 0 saturated carbocycles. The molecule has 27 heavy (non-hydrogen) atoms. The highest BCUT2D eigenvalue weighted by Gasteiger charge is 2.19. The molecule has 1 aromatic carbocycles. The number of hydrogen-bond donors (Lipinski definition) is 0. The third-order valence-corrected chi connectivity index (χ3v) is 5.51. The number of aromatic nitrogens is 2. The van der Waals surface area contributed by atoms with Crippen molar-refractivity contribution in [2.75, 3.05) is 7.05 Å². The first-order valence-electron chi connectivity index (χ1n) is 8.86. The van der Waals surface area contributed by atoms with Gasteiger partial charge in [0.1, 0.15) is 5.65 Å². The fourth-order valence-electron chi connectivity index (χ4n) is 3.18. The maximum Gasteiger partial charge on any atom is 0.264 e. The minimum absolute atomic E-state index is 0.0301. The van der Waals surface area contributed by atoms with Gasteiger partial charge in [-0.15, -0.1) is 11.3 Å². The summed E-state index contributed by atoms with van der Waals surface area (Å²) < 4.78 is 2.10. The molecule has 0 spiro atoms. The lowest BCUT2D eigenvalue weighted by molar-refractivity contribution is 0.0788. The number of carbonyl (C=O) groups is 1. The smallest absolute Gasteiger partial charge is 0.264 e. The number of thiophene rings is 1. The molecule has 4 rings (SSSR count). The van der Waals surface area contributed by atoms with Gasteiger partial charge in [0.15, 0.2) is 0 Å². The van der Waals surface area contributed by atoms with Gasteiger partial charge in [0.2, 0.25) is 0 Å². The molecular weight excluding hydrogens is 354 g/mol. The molecule has 0 bridgehead atoms. The standard InChI is InChI=1S/C22H21N3OS/c1-15-6-9-17(10-7-15)21-18(25-13-16(2)8-11-20(25)23-21)14-24(3)22(26)19-5-4-12-27-19/h4-13H,14H2,1-3H3. The average Bonchev–Trinajstić information content (AvgIpc) is 3.30. The van der Waals surface area contributed by atoms with E-state index in [0.717, 1.165) is 33.0 Å². The van der Waals surface area contributed by atoms with Crippen LogP contribution in [0.25, 0.3) is 16.9 Å². The highest BCUT2D eigenvalue weighted by Crippen LogP contribution is 2.27. The van der Waals surface area contributed by atoms with Gasteiger partial charge >= 0.3 is 0 Å². The van der Waals surface area contributed by atoms with E-state index in [1.54, 1.807) is 4.90 Å². The van der Waals surface area contributed by atoms with Crippen LogP contribution in [0.4, 0.5) is 0 Å². The number of aryl methyl sites for hydroxylation is 2. The van der Waals surface area contributed by atoms with Crippen LogP contribution in [0.15, 0.2) is 60.1 Å². The summed E-state index contributed by atoms with van der Waals surface area (Å²) in [6.45, 7) is 4.63. The van der Waals surface area contributed by atoms with Crippen LogP contribution in [0.2, 0.25) is 0 Å². The molecule has 0 unspecified atom stereocenters. The second-order valence-electron chi connectivity index (χ2n) is 6.85. The van der Waals surface area contributed by atoms with Gasteiger partial charge in [0.05, 0.1) is 22.8 Å². The Morgan fingerprint density at radius 2 is 1.81 bits per heavy atom. The number of rotatable bonds is 4. The van der Waals surface area contributed by atoms with Crippen LogP contribution in [0.5, 0.6) is 0 Å². The lowest BCUT2D eigenvalue weighted by Gasteiger charge is -2.17. The molecule has 0 saturated heterocycles. The summed E-state index contributed by atoms with van der Waals surface area (Å²) >= 11 is 1.47. The Morgan fingerprint density at radius 3 is 2.52 bits per heavy atom. The number of benzene rings is 1. The third-order valence-electron chi connectivity index (χ3n) is 4.66. The molecule has 0 N–H and O–H groups in total. The van der Waals surface area contributed by atoms with E-state index >= 15 is 0 Å². The molecule has 4 aromatic rings. The van der Waals surface area contributed by atoms with Gasteiger partial charge in [-0.1, -0.05) is 42.0 Å². The Morgan fingerprint density at radius 1 is 1.07 bits per heavy atom. The zero-order valence-electron chi connectivity index (χ0n) is 15.6. The van der Waals surface area contributed by atoms with Crippen LogP contribution in [-0.2, 0) is 6.54 Å². The zero-order chi connectivity index (χ0) is 19.0. The fraction of sp³-hybridized carbons (Fsp3) is 0.182. The summed E-state index contributed by atoms with van der Waals surface area (Å²) in [6, 6.07) is 16.2. The molecule has 3 heterocycles. The minimum atomic E-state index is 0.0301. The van der Waals surface area contributed by atoms with Gasteiger partial charge in [-0.2, -0.15) is 0 Å². The van der Waals surface area contributed by atoms with Gasteiger partial charge in [-0.05, 0) is 36.9 Å². The molecule has 0 radical (unpaired) electrons. The third kappa shape index (κ3) is 3.38. The Bertz CT molecular complexity index is 1090. The topological polar surface area (TPSA) is 37.6 Å². The Balaban J connectivity index is 1.79. The van der Waals surface area contributed by atoms with E-state index in [1.165, 1.54) is 16.9 Å². The van der Waals surface area contributed by atoms with Crippen molar-refractivity contribution in [1.29, 1.82) is 0 Å². The summed E-state index contributed by atoms with van der Waals surface area (Å²) in [5.74, 6) is 0.0301. The van der Waals surface area contributed by atoms with Crippen molar-refractivity contribution in [3.05, 3.63) is 81.8 Å². The number of hydrogen-bond acceptors (Lipinski definition) is 3. The van der Waals surface area contributed by atoms with Crippen LogP contribution in [0, 0.1) is 13.8 Å². The van der Waals surface area contributed by atoms with Crippen LogP contribution in [0.1, 0.15) is 26.5 Å². The summed E-state index contributed by atoms with van der Waals surface area (Å²) in [6.07, 6.45) is 2.08. The Labute approximate surface area is 162 Å². The molecule has 3 aromatic heterocycles. The van der Waals surface area contributed by atoms with Crippen molar-refractivity contribution in [3.8, 4) is 11.3 Å². The number of imidazole rings is 1. The zero-order valence-corrected chi connectivity index (χ0v) is 16.5. The van der Waals surface area contributed by atoms with Crippen LogP contribution < -0.4 is 0 Å². The number of fused-ring (bicyclic) bond motifs is 1. The van der Waals surface area contributed by atoms with Gasteiger partial charge in [0, 0.05) is 18.8 Å². The summed E-state index contributed by atoms with van der Waals surface area (Å²) in [4.78, 5) is 20.1. The number of nitrogens with zero attached hydrogens (tertiary/aromatic N) is 3. The van der Waals surface area contributed by atoms with Crippen LogP contribution >= 0.6 is 11.3 Å². The van der Waals surface area contributed by atoms with Gasteiger partial charge < -0.3 is 9.30 Å². The van der Waals surface area contributed by atoms with E-state index in [-0.39, 0.29) is 5.91 Å². The Hall–Kier alpha value is -2.92. The summed E-state index contributed by atoms with van der Waals surface area (Å²) in [5.41, 5.74) is 6.27. The lowest BCUT2D eigenvalue weighted by atomic mass is 10.1. The first-order valence-corrected chi connectivity index (χ1v) is 9.74. The molecule has 0 atom stereocenters. The maximum atomic E-state index is 12.7. The highest BCUT2D eigenvalue weighted by molar-refractivity contribution is 7.12. The van der Waals surface area contributed by atoms with E-state index in [0.29, 0.717) is 6.54 Å². The number of amides is 1. The molecule has 4 nitrogen and oxygen atoms in total. The first-order chi connectivity index (χ1) is 13.0. The molecular formula is C22H21N3OS. The molecule has 0 aliphatic carbocycles. The quantitative estimate of drug-likeness (QED) is 0.506. The maximum absolute atomic E-state index is 12.7. The van der Waals surface area contributed by atoms with Gasteiger partial charge in [0.25, 0.3) is 5.91 Å². The molecule has 0 fully saturated rings. The van der Waals surface area contributed by atoms with Crippen molar-refractivity contribution in [2.24, 2.45) is 0 Å². The van der Waals surface area contributed by atoms with E-state index in [9.17, 15) is 4.79 Å².